The normalized spacial score (nSPS) is 18.1. The number of ether oxygens (including phenoxy) is 3. The van der Waals surface area contributed by atoms with Crippen LogP contribution >= 0.6 is 0 Å². The summed E-state index contributed by atoms with van der Waals surface area (Å²) in [6.45, 7) is 4.05. The molecule has 20 heavy (non-hydrogen) atoms. The van der Waals surface area contributed by atoms with Gasteiger partial charge in [0.25, 0.3) is 0 Å². The predicted molar refractivity (Wildman–Crippen MR) is 79.2 cm³/mol. The highest BCUT2D eigenvalue weighted by molar-refractivity contribution is 5.61. The van der Waals surface area contributed by atoms with E-state index in [9.17, 15) is 0 Å². The predicted octanol–water partition coefficient (Wildman–Crippen LogP) is 1.61. The van der Waals surface area contributed by atoms with Crippen molar-refractivity contribution < 1.29 is 14.2 Å². The van der Waals surface area contributed by atoms with E-state index in [1.54, 1.807) is 14.2 Å². The van der Waals surface area contributed by atoms with Crippen LogP contribution in [0.4, 0.5) is 5.69 Å². The van der Waals surface area contributed by atoms with Crippen LogP contribution in [0.5, 0.6) is 5.75 Å². The topological polar surface area (TPSA) is 57.0 Å². The van der Waals surface area contributed by atoms with Crippen molar-refractivity contribution in [3.63, 3.8) is 0 Å². The number of anilines is 1. The summed E-state index contributed by atoms with van der Waals surface area (Å²) in [5.41, 5.74) is 6.64. The highest BCUT2D eigenvalue weighted by atomic mass is 16.7. The van der Waals surface area contributed by atoms with E-state index in [-0.39, 0.29) is 0 Å². The first-order valence-corrected chi connectivity index (χ1v) is 6.92. The highest BCUT2D eigenvalue weighted by Crippen LogP contribution is 2.36. The average Bonchev–Trinajstić information content (AvgIpc) is 2.70. The Labute approximate surface area is 120 Å². The molecule has 1 aromatic rings. The molecule has 0 spiro atoms. The molecule has 0 bridgehead atoms. The molecule has 112 valence electrons. The third kappa shape index (κ3) is 2.61. The first kappa shape index (κ1) is 15.1. The maximum absolute atomic E-state index is 6.06. The maximum Gasteiger partial charge on any atom is 0.180 e. The van der Waals surface area contributed by atoms with Gasteiger partial charge in [0.1, 0.15) is 11.3 Å². The highest BCUT2D eigenvalue weighted by Gasteiger charge is 2.41. The lowest BCUT2D eigenvalue weighted by Crippen LogP contribution is -2.61. The summed E-state index contributed by atoms with van der Waals surface area (Å²) in [6, 6.07) is 8.02. The van der Waals surface area contributed by atoms with Gasteiger partial charge in [0.05, 0.1) is 12.3 Å². The minimum Gasteiger partial charge on any atom is -0.491 e. The number of hydrogen-bond acceptors (Lipinski definition) is 5. The van der Waals surface area contributed by atoms with E-state index in [2.05, 4.69) is 17.9 Å². The number of para-hydroxylation sites is 2. The van der Waals surface area contributed by atoms with Crippen molar-refractivity contribution in [3.8, 4) is 5.75 Å². The van der Waals surface area contributed by atoms with E-state index >= 15 is 0 Å². The molecule has 5 nitrogen and oxygen atoms in total. The minimum absolute atomic E-state index is 0.404. The fraction of sp³-hybridized carbons (Fsp3) is 0.600. The van der Waals surface area contributed by atoms with Crippen LogP contribution in [0.15, 0.2) is 24.3 Å². The minimum atomic E-state index is -0.451. The van der Waals surface area contributed by atoms with E-state index < -0.39 is 11.8 Å². The Morgan fingerprint density at radius 2 is 2.05 bits per heavy atom. The van der Waals surface area contributed by atoms with Gasteiger partial charge in [-0.1, -0.05) is 12.1 Å². The SMILES string of the molecule is COC(OC)C(C)(CN)N1CCCOc2ccccc21. The van der Waals surface area contributed by atoms with Crippen molar-refractivity contribution >= 4 is 5.69 Å². The molecule has 5 heteroatoms. The molecule has 0 saturated carbocycles. The Morgan fingerprint density at radius 1 is 1.35 bits per heavy atom. The van der Waals surface area contributed by atoms with Crippen molar-refractivity contribution in [2.75, 3.05) is 38.8 Å². The Bertz CT molecular complexity index is 437. The van der Waals surface area contributed by atoms with Crippen molar-refractivity contribution in [2.45, 2.75) is 25.2 Å². The molecule has 0 aromatic heterocycles. The molecular formula is C15H24N2O3. The van der Waals surface area contributed by atoms with E-state index in [1.165, 1.54) is 0 Å². The second kappa shape index (κ2) is 6.43. The zero-order chi connectivity index (χ0) is 14.6. The molecule has 0 saturated heterocycles. The van der Waals surface area contributed by atoms with Gasteiger partial charge in [0, 0.05) is 27.3 Å². The van der Waals surface area contributed by atoms with E-state index in [1.807, 2.05) is 18.2 Å². The van der Waals surface area contributed by atoms with Gasteiger partial charge in [-0.25, -0.2) is 0 Å². The summed E-state index contributed by atoms with van der Waals surface area (Å²) in [7, 11) is 3.28. The molecule has 0 fully saturated rings. The molecule has 1 unspecified atom stereocenters. The molecule has 0 radical (unpaired) electrons. The van der Waals surface area contributed by atoms with Gasteiger partial charge in [-0.05, 0) is 25.5 Å². The monoisotopic (exact) mass is 280 g/mol. The molecular weight excluding hydrogens is 256 g/mol. The Hall–Kier alpha value is -1.30. The Kier molecular flexibility index (Phi) is 4.86. The first-order valence-electron chi connectivity index (χ1n) is 6.92. The van der Waals surface area contributed by atoms with Gasteiger partial charge >= 0.3 is 0 Å². The molecule has 2 rings (SSSR count). The number of hydrogen-bond donors (Lipinski definition) is 1. The van der Waals surface area contributed by atoms with Crippen LogP contribution in [-0.2, 0) is 9.47 Å². The van der Waals surface area contributed by atoms with E-state index in [4.69, 9.17) is 19.9 Å². The van der Waals surface area contributed by atoms with Crippen molar-refractivity contribution in [1.82, 2.24) is 0 Å². The summed E-state index contributed by atoms with van der Waals surface area (Å²) in [5.74, 6) is 0.885. The fourth-order valence-corrected chi connectivity index (χ4v) is 2.80. The quantitative estimate of drug-likeness (QED) is 0.830. The number of benzene rings is 1. The van der Waals surface area contributed by atoms with Crippen LogP contribution in [0, 0.1) is 0 Å². The summed E-state index contributed by atoms with van der Waals surface area (Å²) < 4.78 is 16.8. The van der Waals surface area contributed by atoms with Gasteiger partial charge in [0.2, 0.25) is 0 Å². The fourth-order valence-electron chi connectivity index (χ4n) is 2.80. The zero-order valence-corrected chi connectivity index (χ0v) is 12.5. The summed E-state index contributed by atoms with van der Waals surface area (Å²) in [4.78, 5) is 2.24. The molecule has 2 N–H and O–H groups in total. The Balaban J connectivity index is 2.43. The number of nitrogens with two attached hydrogens (primary N) is 1. The van der Waals surface area contributed by atoms with Gasteiger partial charge < -0.3 is 24.8 Å². The summed E-state index contributed by atoms with van der Waals surface area (Å²) in [5, 5.41) is 0. The lowest BCUT2D eigenvalue weighted by Gasteiger charge is -2.45. The molecule has 1 aliphatic heterocycles. The van der Waals surface area contributed by atoms with Crippen molar-refractivity contribution in [3.05, 3.63) is 24.3 Å². The number of nitrogens with zero attached hydrogens (tertiary/aromatic N) is 1. The molecule has 1 aliphatic rings. The van der Waals surface area contributed by atoms with Gasteiger partial charge in [-0.3, -0.25) is 0 Å². The first-order chi connectivity index (χ1) is 9.67. The van der Waals surface area contributed by atoms with Crippen molar-refractivity contribution in [2.24, 2.45) is 5.73 Å². The zero-order valence-electron chi connectivity index (χ0n) is 12.5. The summed E-state index contributed by atoms with van der Waals surface area (Å²) in [6.07, 6.45) is 0.531. The smallest absolute Gasteiger partial charge is 0.180 e. The van der Waals surface area contributed by atoms with Gasteiger partial charge in [0.15, 0.2) is 6.29 Å². The maximum atomic E-state index is 6.06. The van der Waals surface area contributed by atoms with Crippen LogP contribution in [-0.4, -0.2) is 45.7 Å². The molecule has 0 aliphatic carbocycles. The third-order valence-electron chi connectivity index (χ3n) is 3.91. The number of rotatable bonds is 5. The second-order valence-corrected chi connectivity index (χ2v) is 5.19. The average molecular weight is 280 g/mol. The number of fused-ring (bicyclic) bond motifs is 1. The van der Waals surface area contributed by atoms with Crippen LogP contribution in [0.1, 0.15) is 13.3 Å². The van der Waals surface area contributed by atoms with Gasteiger partial charge in [-0.2, -0.15) is 0 Å². The number of methoxy groups -OCH3 is 2. The van der Waals surface area contributed by atoms with Crippen LogP contribution < -0.4 is 15.4 Å². The largest absolute Gasteiger partial charge is 0.491 e. The molecule has 1 atom stereocenters. The van der Waals surface area contributed by atoms with Crippen LogP contribution in [0.2, 0.25) is 0 Å². The Morgan fingerprint density at radius 3 is 2.70 bits per heavy atom. The van der Waals surface area contributed by atoms with E-state index in [0.29, 0.717) is 13.2 Å². The third-order valence-corrected chi connectivity index (χ3v) is 3.91. The van der Waals surface area contributed by atoms with Gasteiger partial charge in [-0.15, -0.1) is 0 Å². The van der Waals surface area contributed by atoms with Crippen LogP contribution in [0.3, 0.4) is 0 Å². The molecule has 1 heterocycles. The molecule has 1 aromatic carbocycles. The van der Waals surface area contributed by atoms with E-state index in [0.717, 1.165) is 24.4 Å². The lowest BCUT2D eigenvalue weighted by molar-refractivity contribution is -0.141. The van der Waals surface area contributed by atoms with Crippen molar-refractivity contribution in [1.29, 1.82) is 0 Å². The lowest BCUT2D eigenvalue weighted by atomic mass is 9.97. The standard InChI is InChI=1S/C15H24N2O3/c1-15(11-16,14(18-2)19-3)17-9-6-10-20-13-8-5-4-7-12(13)17/h4-5,7-8,14H,6,9-11,16H2,1-3H3. The molecule has 0 amide bonds. The second-order valence-electron chi connectivity index (χ2n) is 5.19. The van der Waals surface area contributed by atoms with Crippen LogP contribution in [0.25, 0.3) is 0 Å². The summed E-state index contributed by atoms with van der Waals surface area (Å²) >= 11 is 0.